The zero-order chi connectivity index (χ0) is 27.5. The van der Waals surface area contributed by atoms with E-state index in [4.69, 9.17) is 4.74 Å². The van der Waals surface area contributed by atoms with Gasteiger partial charge in [0.1, 0.15) is 5.60 Å². The maximum atomic E-state index is 13.9. The largest absolute Gasteiger partial charge is 0.444 e. The number of aromatic nitrogens is 1. The number of benzene rings is 2. The SMILES string of the molecule is Cc1ccc2c(c1)c1cc(C(F)(F)F)c(S(C)(=O)=O)cc1n2[C@@H]1CCCN(C(=O)OC(C)(C)C)C[C@H]1O. The fourth-order valence-electron chi connectivity index (χ4n) is 4.99. The van der Waals surface area contributed by atoms with Gasteiger partial charge in [-0.2, -0.15) is 13.2 Å². The van der Waals surface area contributed by atoms with Crippen molar-refractivity contribution in [1.29, 1.82) is 0 Å². The average molecular weight is 541 g/mol. The van der Waals surface area contributed by atoms with Gasteiger partial charge in [0.05, 0.1) is 34.7 Å². The summed E-state index contributed by atoms with van der Waals surface area (Å²) in [5, 5.41) is 12.0. The third kappa shape index (κ3) is 5.43. The number of carbonyl (C=O) groups is 1. The third-order valence-corrected chi connectivity index (χ3v) is 7.66. The van der Waals surface area contributed by atoms with Crippen LogP contribution in [0.3, 0.4) is 0 Å². The minimum Gasteiger partial charge on any atom is -0.444 e. The molecule has 1 aliphatic heterocycles. The number of aryl methyl sites for hydroxylation is 1. The van der Waals surface area contributed by atoms with E-state index in [9.17, 15) is 31.5 Å². The molecule has 37 heavy (non-hydrogen) atoms. The topological polar surface area (TPSA) is 88.8 Å². The van der Waals surface area contributed by atoms with Gasteiger partial charge in [-0.3, -0.25) is 0 Å². The molecule has 1 saturated heterocycles. The zero-order valence-corrected chi connectivity index (χ0v) is 22.2. The van der Waals surface area contributed by atoms with E-state index in [1.165, 1.54) is 4.90 Å². The summed E-state index contributed by atoms with van der Waals surface area (Å²) in [7, 11) is -4.22. The molecule has 2 aromatic carbocycles. The number of alkyl halides is 3. The molecule has 2 heterocycles. The van der Waals surface area contributed by atoms with Gasteiger partial charge in [-0.1, -0.05) is 11.6 Å². The van der Waals surface area contributed by atoms with Crippen molar-refractivity contribution < 1.29 is 36.2 Å². The molecule has 7 nitrogen and oxygen atoms in total. The standard InChI is InChI=1S/C26H31F3N2O5S/c1-15-8-9-19-16(11-15)17-12-18(26(27,28)29)23(37(5,34)35)13-21(17)31(19)20-7-6-10-30(14-22(20)32)24(33)36-25(2,3)4/h8-9,11-13,20,22,32H,6-7,10,14H2,1-5H3/t20-,22-/m1/s1. The van der Waals surface area contributed by atoms with Crippen LogP contribution in [-0.4, -0.2) is 60.1 Å². The number of β-amino-alcohol motifs (C(OH)–C–C–N with tert-alkyl or cyclic N) is 1. The van der Waals surface area contributed by atoms with Crippen LogP contribution in [0.25, 0.3) is 21.8 Å². The van der Waals surface area contributed by atoms with Gasteiger partial charge < -0.3 is 19.3 Å². The van der Waals surface area contributed by atoms with Crippen LogP contribution in [0.15, 0.2) is 35.2 Å². The first-order valence-corrected chi connectivity index (χ1v) is 13.9. The van der Waals surface area contributed by atoms with E-state index in [1.807, 2.05) is 13.0 Å². The fraction of sp³-hybridized carbons (Fsp3) is 0.500. The van der Waals surface area contributed by atoms with Gasteiger partial charge in [-0.05, 0) is 64.8 Å². The Balaban J connectivity index is 1.91. The van der Waals surface area contributed by atoms with E-state index in [2.05, 4.69) is 0 Å². The van der Waals surface area contributed by atoms with Crippen LogP contribution in [-0.2, 0) is 20.8 Å². The summed E-state index contributed by atoms with van der Waals surface area (Å²) < 4.78 is 73.9. The zero-order valence-electron chi connectivity index (χ0n) is 21.4. The molecular formula is C26H31F3N2O5S. The molecule has 0 saturated carbocycles. The molecule has 0 bridgehead atoms. The van der Waals surface area contributed by atoms with E-state index >= 15 is 0 Å². The molecule has 1 fully saturated rings. The first-order valence-electron chi connectivity index (χ1n) is 12.0. The molecule has 1 N–H and O–H groups in total. The molecule has 1 aliphatic rings. The fourth-order valence-corrected chi connectivity index (χ4v) is 5.89. The van der Waals surface area contributed by atoms with Crippen molar-refractivity contribution in [1.82, 2.24) is 9.47 Å². The van der Waals surface area contributed by atoms with Crippen molar-refractivity contribution in [2.75, 3.05) is 19.3 Å². The molecule has 4 rings (SSSR count). The summed E-state index contributed by atoms with van der Waals surface area (Å²) >= 11 is 0. The highest BCUT2D eigenvalue weighted by Gasteiger charge is 2.38. The van der Waals surface area contributed by atoms with Gasteiger partial charge in [0.25, 0.3) is 0 Å². The first kappa shape index (κ1) is 27.3. The summed E-state index contributed by atoms with van der Waals surface area (Å²) in [4.78, 5) is 13.3. The Bertz CT molecular complexity index is 1470. The van der Waals surface area contributed by atoms with E-state index in [0.717, 1.165) is 24.0 Å². The number of halogens is 3. The highest BCUT2D eigenvalue weighted by molar-refractivity contribution is 7.90. The second kappa shape index (κ2) is 9.20. The molecule has 2 atom stereocenters. The lowest BCUT2D eigenvalue weighted by Crippen LogP contribution is -2.41. The Labute approximate surface area is 213 Å². The monoisotopic (exact) mass is 540 g/mol. The lowest BCUT2D eigenvalue weighted by molar-refractivity contribution is -0.139. The predicted molar refractivity (Wildman–Crippen MR) is 134 cm³/mol. The first-order chi connectivity index (χ1) is 17.0. The normalized spacial score (nSPS) is 19.9. The minimum absolute atomic E-state index is 0.0355. The lowest BCUT2D eigenvalue weighted by Gasteiger charge is -2.29. The van der Waals surface area contributed by atoms with E-state index < -0.39 is 50.3 Å². The number of hydrogen-bond acceptors (Lipinski definition) is 5. The van der Waals surface area contributed by atoms with Crippen molar-refractivity contribution >= 4 is 37.7 Å². The van der Waals surface area contributed by atoms with Crippen molar-refractivity contribution in [3.05, 3.63) is 41.5 Å². The number of rotatable bonds is 2. The third-order valence-electron chi connectivity index (χ3n) is 6.53. The predicted octanol–water partition coefficient (Wildman–Crippen LogP) is 5.46. The number of sulfone groups is 1. The van der Waals surface area contributed by atoms with Crippen LogP contribution in [0.1, 0.15) is 50.8 Å². The Hall–Kier alpha value is -2.79. The number of ether oxygens (including phenoxy) is 1. The van der Waals surface area contributed by atoms with E-state index in [0.29, 0.717) is 30.3 Å². The molecule has 3 aromatic rings. The lowest BCUT2D eigenvalue weighted by atomic mass is 10.1. The molecular weight excluding hydrogens is 509 g/mol. The van der Waals surface area contributed by atoms with Crippen molar-refractivity contribution in [3.63, 3.8) is 0 Å². The Morgan fingerprint density at radius 1 is 1.08 bits per heavy atom. The molecule has 1 amide bonds. The van der Waals surface area contributed by atoms with E-state index in [1.54, 1.807) is 37.5 Å². The van der Waals surface area contributed by atoms with Gasteiger partial charge in [0.2, 0.25) is 0 Å². The van der Waals surface area contributed by atoms with Gasteiger partial charge in [0.15, 0.2) is 9.84 Å². The number of aliphatic hydroxyl groups excluding tert-OH is 1. The number of carbonyl (C=O) groups excluding carboxylic acids is 1. The number of aliphatic hydroxyl groups is 1. The summed E-state index contributed by atoms with van der Waals surface area (Å²) in [5.74, 6) is 0. The molecule has 0 spiro atoms. The van der Waals surface area contributed by atoms with Crippen LogP contribution >= 0.6 is 0 Å². The van der Waals surface area contributed by atoms with Gasteiger partial charge >= 0.3 is 12.3 Å². The summed E-state index contributed by atoms with van der Waals surface area (Å²) in [6.45, 7) is 7.36. The number of hydrogen-bond donors (Lipinski definition) is 1. The number of nitrogens with zero attached hydrogens (tertiary/aromatic N) is 2. The van der Waals surface area contributed by atoms with Gasteiger partial charge in [-0.25, -0.2) is 13.2 Å². The highest BCUT2D eigenvalue weighted by atomic mass is 32.2. The smallest absolute Gasteiger partial charge is 0.417 e. The van der Waals surface area contributed by atoms with Crippen LogP contribution < -0.4 is 0 Å². The van der Waals surface area contributed by atoms with Crippen LogP contribution in [0.5, 0.6) is 0 Å². The highest BCUT2D eigenvalue weighted by Crippen LogP contribution is 2.42. The summed E-state index contributed by atoms with van der Waals surface area (Å²) in [5.41, 5.74) is -0.250. The molecule has 0 aliphatic carbocycles. The van der Waals surface area contributed by atoms with Crippen LogP contribution in [0.4, 0.5) is 18.0 Å². The number of amides is 1. The maximum Gasteiger partial charge on any atom is 0.417 e. The Kier molecular flexibility index (Phi) is 6.77. The number of fused-ring (bicyclic) bond motifs is 3. The Morgan fingerprint density at radius 2 is 1.73 bits per heavy atom. The quantitative estimate of drug-likeness (QED) is 0.467. The van der Waals surface area contributed by atoms with Gasteiger partial charge in [-0.15, -0.1) is 0 Å². The molecule has 0 unspecified atom stereocenters. The minimum atomic E-state index is -4.87. The molecule has 202 valence electrons. The summed E-state index contributed by atoms with van der Waals surface area (Å²) in [6.07, 6.45) is -4.82. The van der Waals surface area contributed by atoms with Crippen LogP contribution in [0, 0.1) is 6.92 Å². The van der Waals surface area contributed by atoms with Crippen molar-refractivity contribution in [2.45, 2.75) is 69.4 Å². The second-order valence-electron chi connectivity index (χ2n) is 10.7. The molecule has 1 aromatic heterocycles. The molecule has 11 heteroatoms. The second-order valence-corrected chi connectivity index (χ2v) is 12.7. The van der Waals surface area contributed by atoms with Gasteiger partial charge in [0, 0.05) is 29.1 Å². The molecule has 0 radical (unpaired) electrons. The van der Waals surface area contributed by atoms with E-state index in [-0.39, 0.29) is 17.4 Å². The van der Waals surface area contributed by atoms with Crippen molar-refractivity contribution in [3.8, 4) is 0 Å². The maximum absolute atomic E-state index is 13.9. The Morgan fingerprint density at radius 3 is 2.32 bits per heavy atom. The average Bonchev–Trinajstić information content (AvgIpc) is 2.91. The van der Waals surface area contributed by atoms with Crippen molar-refractivity contribution in [2.24, 2.45) is 0 Å². The van der Waals surface area contributed by atoms with Crippen LogP contribution in [0.2, 0.25) is 0 Å². The summed E-state index contributed by atoms with van der Waals surface area (Å²) in [6, 6.07) is 6.67. The number of likely N-dealkylation sites (tertiary alicyclic amines) is 1.